The number of aryl methyl sites for hydroxylation is 1. The maximum atomic E-state index is 10.4. The van der Waals surface area contributed by atoms with Crippen LogP contribution in [0.25, 0.3) is 11.5 Å². The van der Waals surface area contributed by atoms with Crippen LogP contribution in [-0.2, 0) is 12.8 Å². The molecule has 0 aromatic carbocycles. The van der Waals surface area contributed by atoms with E-state index in [1.54, 1.807) is 6.20 Å². The Bertz CT molecular complexity index is 742. The SMILES string of the molecule is CN(CC(O)NC(C)(C)C)c1nc(-c2ccccn2)nc2c1CCCC2. The molecular weight excluding hydrogens is 326 g/mol. The van der Waals surface area contributed by atoms with E-state index >= 15 is 0 Å². The van der Waals surface area contributed by atoms with E-state index in [9.17, 15) is 5.11 Å². The van der Waals surface area contributed by atoms with Crippen molar-refractivity contribution in [3.63, 3.8) is 0 Å². The number of nitrogens with zero attached hydrogens (tertiary/aromatic N) is 4. The minimum absolute atomic E-state index is 0.148. The van der Waals surface area contributed by atoms with Gasteiger partial charge in [-0.05, 0) is 58.6 Å². The Morgan fingerprint density at radius 2 is 1.96 bits per heavy atom. The molecule has 0 saturated heterocycles. The molecule has 1 unspecified atom stereocenters. The Kier molecular flexibility index (Phi) is 5.53. The number of nitrogens with one attached hydrogen (secondary N) is 1. The number of likely N-dealkylation sites (N-methyl/N-ethyl adjacent to an activating group) is 1. The first-order chi connectivity index (χ1) is 12.3. The van der Waals surface area contributed by atoms with Crippen molar-refractivity contribution in [1.82, 2.24) is 20.3 Å². The lowest BCUT2D eigenvalue weighted by Crippen LogP contribution is -2.48. The molecule has 0 fully saturated rings. The summed E-state index contributed by atoms with van der Waals surface area (Å²) in [4.78, 5) is 16.0. The summed E-state index contributed by atoms with van der Waals surface area (Å²) in [6, 6.07) is 5.78. The van der Waals surface area contributed by atoms with Gasteiger partial charge in [-0.1, -0.05) is 6.07 Å². The van der Waals surface area contributed by atoms with Crippen LogP contribution in [0.5, 0.6) is 0 Å². The molecule has 0 aliphatic heterocycles. The number of aromatic nitrogens is 3. The van der Waals surface area contributed by atoms with E-state index in [1.165, 1.54) is 5.56 Å². The van der Waals surface area contributed by atoms with Gasteiger partial charge < -0.3 is 10.0 Å². The number of hydrogen-bond acceptors (Lipinski definition) is 6. The van der Waals surface area contributed by atoms with Crippen molar-refractivity contribution in [3.8, 4) is 11.5 Å². The van der Waals surface area contributed by atoms with Crippen molar-refractivity contribution in [3.05, 3.63) is 35.7 Å². The molecule has 2 heterocycles. The number of aliphatic hydroxyl groups is 1. The van der Waals surface area contributed by atoms with Crippen LogP contribution in [0.15, 0.2) is 24.4 Å². The summed E-state index contributed by atoms with van der Waals surface area (Å²) in [6.07, 6.45) is 5.40. The molecule has 0 radical (unpaired) electrons. The zero-order valence-electron chi connectivity index (χ0n) is 16.2. The molecule has 6 heteroatoms. The van der Waals surface area contributed by atoms with E-state index < -0.39 is 6.23 Å². The molecule has 2 aromatic heterocycles. The Morgan fingerprint density at radius 3 is 2.65 bits per heavy atom. The van der Waals surface area contributed by atoms with E-state index in [2.05, 4.69) is 10.3 Å². The van der Waals surface area contributed by atoms with Crippen molar-refractivity contribution < 1.29 is 5.11 Å². The average molecular weight is 355 g/mol. The van der Waals surface area contributed by atoms with Crippen molar-refractivity contribution in [2.75, 3.05) is 18.5 Å². The number of rotatable bonds is 5. The zero-order chi connectivity index (χ0) is 18.7. The van der Waals surface area contributed by atoms with Crippen LogP contribution in [-0.4, -0.2) is 45.4 Å². The Balaban J connectivity index is 1.92. The van der Waals surface area contributed by atoms with Gasteiger partial charge in [0.2, 0.25) is 0 Å². The molecule has 0 amide bonds. The van der Waals surface area contributed by atoms with E-state index in [1.807, 2.05) is 50.9 Å². The van der Waals surface area contributed by atoms with Gasteiger partial charge in [0.05, 0.1) is 6.54 Å². The molecule has 140 valence electrons. The second-order valence-corrected chi connectivity index (χ2v) is 8.01. The third-order valence-corrected chi connectivity index (χ3v) is 4.46. The molecule has 26 heavy (non-hydrogen) atoms. The van der Waals surface area contributed by atoms with Crippen LogP contribution < -0.4 is 10.2 Å². The number of hydrogen-bond donors (Lipinski definition) is 2. The van der Waals surface area contributed by atoms with Gasteiger partial charge in [0.25, 0.3) is 0 Å². The summed E-state index contributed by atoms with van der Waals surface area (Å²) in [6.45, 7) is 6.59. The van der Waals surface area contributed by atoms with Gasteiger partial charge in [-0.25, -0.2) is 9.97 Å². The lowest BCUT2D eigenvalue weighted by Gasteiger charge is -2.30. The maximum absolute atomic E-state index is 10.4. The monoisotopic (exact) mass is 355 g/mol. The molecule has 2 aromatic rings. The minimum Gasteiger partial charge on any atom is -0.377 e. The molecular formula is C20H29N5O. The fourth-order valence-electron chi connectivity index (χ4n) is 3.39. The van der Waals surface area contributed by atoms with Crippen LogP contribution >= 0.6 is 0 Å². The molecule has 0 spiro atoms. The fraction of sp³-hybridized carbons (Fsp3) is 0.550. The van der Waals surface area contributed by atoms with Crippen molar-refractivity contribution in [2.24, 2.45) is 0 Å². The van der Waals surface area contributed by atoms with Crippen molar-refractivity contribution in [1.29, 1.82) is 0 Å². The highest BCUT2D eigenvalue weighted by molar-refractivity contribution is 5.58. The molecule has 6 nitrogen and oxygen atoms in total. The summed E-state index contributed by atoms with van der Waals surface area (Å²) in [5, 5.41) is 13.6. The van der Waals surface area contributed by atoms with E-state index in [4.69, 9.17) is 9.97 Å². The molecule has 3 rings (SSSR count). The van der Waals surface area contributed by atoms with Gasteiger partial charge >= 0.3 is 0 Å². The predicted octanol–water partition coefficient (Wildman–Crippen LogP) is 2.56. The van der Waals surface area contributed by atoms with E-state index in [-0.39, 0.29) is 5.54 Å². The normalized spacial score (nSPS) is 15.4. The first kappa shape index (κ1) is 18.7. The summed E-state index contributed by atoms with van der Waals surface area (Å²) in [7, 11) is 1.98. The standard InChI is InChI=1S/C20H29N5O/c1-20(2,3)24-17(26)13-25(4)19-14-9-5-6-10-15(14)22-18(23-19)16-11-7-8-12-21-16/h7-8,11-12,17,24,26H,5-6,9-10,13H2,1-4H3. The van der Waals surface area contributed by atoms with E-state index in [0.717, 1.165) is 42.9 Å². The first-order valence-corrected chi connectivity index (χ1v) is 9.31. The topological polar surface area (TPSA) is 74.2 Å². The predicted molar refractivity (Wildman–Crippen MR) is 104 cm³/mol. The largest absolute Gasteiger partial charge is 0.377 e. The minimum atomic E-state index is -0.632. The number of fused-ring (bicyclic) bond motifs is 1. The van der Waals surface area contributed by atoms with Gasteiger partial charge in [-0.15, -0.1) is 0 Å². The molecule has 1 aliphatic carbocycles. The quantitative estimate of drug-likeness (QED) is 0.803. The van der Waals surface area contributed by atoms with Crippen LogP contribution in [0.3, 0.4) is 0 Å². The maximum Gasteiger partial charge on any atom is 0.180 e. The Labute approximate surface area is 155 Å². The summed E-state index contributed by atoms with van der Waals surface area (Å²) in [5.41, 5.74) is 2.96. The van der Waals surface area contributed by atoms with Gasteiger partial charge in [-0.2, -0.15) is 0 Å². The summed E-state index contributed by atoms with van der Waals surface area (Å²) < 4.78 is 0. The van der Waals surface area contributed by atoms with Crippen molar-refractivity contribution in [2.45, 2.75) is 58.2 Å². The number of anilines is 1. The third-order valence-electron chi connectivity index (χ3n) is 4.46. The smallest absolute Gasteiger partial charge is 0.180 e. The zero-order valence-corrected chi connectivity index (χ0v) is 16.2. The number of pyridine rings is 1. The molecule has 1 atom stereocenters. The van der Waals surface area contributed by atoms with E-state index in [0.29, 0.717) is 12.4 Å². The lowest BCUT2D eigenvalue weighted by molar-refractivity contribution is 0.112. The second kappa shape index (κ2) is 7.68. The lowest BCUT2D eigenvalue weighted by atomic mass is 9.96. The second-order valence-electron chi connectivity index (χ2n) is 8.01. The molecule has 1 aliphatic rings. The highest BCUT2D eigenvalue weighted by Gasteiger charge is 2.23. The van der Waals surface area contributed by atoms with Gasteiger partial charge in [0, 0.05) is 30.0 Å². The molecule has 0 saturated carbocycles. The average Bonchev–Trinajstić information content (AvgIpc) is 2.59. The first-order valence-electron chi connectivity index (χ1n) is 9.31. The number of aliphatic hydroxyl groups excluding tert-OH is 1. The summed E-state index contributed by atoms with van der Waals surface area (Å²) in [5.74, 6) is 1.57. The third kappa shape index (κ3) is 4.56. The van der Waals surface area contributed by atoms with Crippen LogP contribution in [0.1, 0.15) is 44.9 Å². The van der Waals surface area contributed by atoms with Gasteiger partial charge in [0.1, 0.15) is 17.7 Å². The summed E-state index contributed by atoms with van der Waals surface area (Å²) >= 11 is 0. The highest BCUT2D eigenvalue weighted by atomic mass is 16.3. The van der Waals surface area contributed by atoms with Crippen LogP contribution in [0.4, 0.5) is 5.82 Å². The molecule has 0 bridgehead atoms. The Morgan fingerprint density at radius 1 is 1.19 bits per heavy atom. The van der Waals surface area contributed by atoms with Gasteiger partial charge in [-0.3, -0.25) is 10.3 Å². The highest BCUT2D eigenvalue weighted by Crippen LogP contribution is 2.29. The molecule has 2 N–H and O–H groups in total. The van der Waals surface area contributed by atoms with Crippen molar-refractivity contribution >= 4 is 5.82 Å². The van der Waals surface area contributed by atoms with Crippen LogP contribution in [0.2, 0.25) is 0 Å². The Hall–Kier alpha value is -2.05. The fourth-order valence-corrected chi connectivity index (χ4v) is 3.39. The van der Waals surface area contributed by atoms with Gasteiger partial charge in [0.15, 0.2) is 5.82 Å². The van der Waals surface area contributed by atoms with Crippen LogP contribution in [0, 0.1) is 0 Å².